The van der Waals surface area contributed by atoms with Gasteiger partial charge in [-0.05, 0) is 55.0 Å². The fraction of sp³-hybridized carbons (Fsp3) is 0.143. The Bertz CT molecular complexity index is 947. The number of carbonyl (C=O) groups excluding carboxylic acids is 2. The van der Waals surface area contributed by atoms with Gasteiger partial charge in [-0.3, -0.25) is 4.79 Å². The molecule has 0 bridgehead atoms. The van der Waals surface area contributed by atoms with Gasteiger partial charge < -0.3 is 14.5 Å². The molecule has 5 nitrogen and oxygen atoms in total. The van der Waals surface area contributed by atoms with Crippen molar-refractivity contribution in [2.45, 2.75) is 13.3 Å². The predicted molar refractivity (Wildman–Crippen MR) is 104 cm³/mol. The SMILES string of the molecule is CCCOC(=O)c1ccc(NC(=O)c2ccc(-c3cccc(Cl)c3)o2)cc1. The lowest BCUT2D eigenvalue weighted by molar-refractivity contribution is 0.0505. The van der Waals surface area contributed by atoms with Crippen molar-refractivity contribution in [3.63, 3.8) is 0 Å². The van der Waals surface area contributed by atoms with Gasteiger partial charge in [0.1, 0.15) is 5.76 Å². The first-order chi connectivity index (χ1) is 13.1. The molecule has 0 spiro atoms. The molecule has 3 aromatic rings. The van der Waals surface area contributed by atoms with Crippen LogP contribution in [0.25, 0.3) is 11.3 Å². The van der Waals surface area contributed by atoms with Crippen LogP contribution in [-0.2, 0) is 4.74 Å². The van der Waals surface area contributed by atoms with Gasteiger partial charge in [-0.25, -0.2) is 4.79 Å². The summed E-state index contributed by atoms with van der Waals surface area (Å²) >= 11 is 5.98. The fourth-order valence-electron chi connectivity index (χ4n) is 2.42. The lowest BCUT2D eigenvalue weighted by Gasteiger charge is -2.06. The monoisotopic (exact) mass is 383 g/mol. The van der Waals surface area contributed by atoms with Crippen molar-refractivity contribution in [3.05, 3.63) is 77.0 Å². The second-order valence-electron chi connectivity index (χ2n) is 5.84. The number of hydrogen-bond donors (Lipinski definition) is 1. The Morgan fingerprint density at radius 2 is 1.85 bits per heavy atom. The minimum atomic E-state index is -0.385. The molecule has 1 heterocycles. The van der Waals surface area contributed by atoms with Crippen molar-refractivity contribution in [3.8, 4) is 11.3 Å². The van der Waals surface area contributed by atoms with Crippen LogP contribution in [0.5, 0.6) is 0 Å². The molecule has 1 amide bonds. The molecule has 0 atom stereocenters. The molecule has 0 aliphatic heterocycles. The number of esters is 1. The normalized spacial score (nSPS) is 10.4. The number of nitrogens with one attached hydrogen (secondary N) is 1. The fourth-order valence-corrected chi connectivity index (χ4v) is 2.61. The van der Waals surface area contributed by atoms with E-state index in [2.05, 4.69) is 5.32 Å². The highest BCUT2D eigenvalue weighted by Crippen LogP contribution is 2.25. The molecule has 0 aliphatic rings. The summed E-state index contributed by atoms with van der Waals surface area (Å²) in [5.74, 6) is -0.0374. The number of benzene rings is 2. The first kappa shape index (κ1) is 18.7. The highest BCUT2D eigenvalue weighted by atomic mass is 35.5. The Morgan fingerprint density at radius 3 is 2.56 bits per heavy atom. The Morgan fingerprint density at radius 1 is 1.07 bits per heavy atom. The molecule has 0 unspecified atom stereocenters. The summed E-state index contributed by atoms with van der Waals surface area (Å²) in [6.07, 6.45) is 0.764. The molecule has 1 N–H and O–H groups in total. The standard InChI is InChI=1S/C21H18ClNO4/c1-2-12-26-21(25)14-6-8-17(9-7-14)23-20(24)19-11-10-18(27-19)15-4-3-5-16(22)13-15/h3-11,13H,2,12H2,1H3,(H,23,24). The highest BCUT2D eigenvalue weighted by Gasteiger charge is 2.13. The summed E-state index contributed by atoms with van der Waals surface area (Å²) in [5.41, 5.74) is 1.77. The Balaban J connectivity index is 1.66. The summed E-state index contributed by atoms with van der Waals surface area (Å²) in [7, 11) is 0. The molecule has 3 rings (SSSR count). The first-order valence-corrected chi connectivity index (χ1v) is 8.89. The van der Waals surface area contributed by atoms with Crippen molar-refractivity contribution < 1.29 is 18.7 Å². The lowest BCUT2D eigenvalue weighted by Crippen LogP contribution is -2.11. The van der Waals surface area contributed by atoms with Crippen LogP contribution in [0.2, 0.25) is 5.02 Å². The summed E-state index contributed by atoms with van der Waals surface area (Å²) in [5, 5.41) is 3.32. The van der Waals surface area contributed by atoms with E-state index in [4.69, 9.17) is 20.8 Å². The van der Waals surface area contributed by atoms with Crippen LogP contribution in [0.1, 0.15) is 34.3 Å². The number of furan rings is 1. The zero-order chi connectivity index (χ0) is 19.2. The first-order valence-electron chi connectivity index (χ1n) is 8.51. The van der Waals surface area contributed by atoms with E-state index >= 15 is 0 Å². The molecule has 27 heavy (non-hydrogen) atoms. The lowest BCUT2D eigenvalue weighted by atomic mass is 10.2. The molecule has 6 heteroatoms. The van der Waals surface area contributed by atoms with Crippen molar-refractivity contribution in [1.82, 2.24) is 0 Å². The van der Waals surface area contributed by atoms with Gasteiger partial charge in [0.05, 0.1) is 12.2 Å². The van der Waals surface area contributed by atoms with E-state index in [1.165, 1.54) is 0 Å². The maximum absolute atomic E-state index is 12.4. The van der Waals surface area contributed by atoms with Gasteiger partial charge in [0.2, 0.25) is 0 Å². The number of carbonyl (C=O) groups is 2. The second-order valence-corrected chi connectivity index (χ2v) is 6.28. The summed E-state index contributed by atoms with van der Waals surface area (Å²) in [6, 6.07) is 17.0. The van der Waals surface area contributed by atoms with Gasteiger partial charge in [0.15, 0.2) is 5.76 Å². The van der Waals surface area contributed by atoms with Crippen LogP contribution in [0.3, 0.4) is 0 Å². The van der Waals surface area contributed by atoms with E-state index in [1.807, 2.05) is 19.1 Å². The van der Waals surface area contributed by atoms with Crippen LogP contribution < -0.4 is 5.32 Å². The van der Waals surface area contributed by atoms with Crippen molar-refractivity contribution >= 4 is 29.2 Å². The number of halogens is 1. The molecular formula is C21H18ClNO4. The van der Waals surface area contributed by atoms with E-state index in [0.717, 1.165) is 12.0 Å². The van der Waals surface area contributed by atoms with Gasteiger partial charge in [-0.2, -0.15) is 0 Å². The molecule has 0 aliphatic carbocycles. The average Bonchev–Trinajstić information content (AvgIpc) is 3.17. The molecule has 1 aromatic heterocycles. The summed E-state index contributed by atoms with van der Waals surface area (Å²) in [6.45, 7) is 2.31. The Labute approximate surface area is 161 Å². The van der Waals surface area contributed by atoms with Gasteiger partial charge in [0, 0.05) is 16.3 Å². The molecule has 0 saturated carbocycles. The molecule has 138 valence electrons. The van der Waals surface area contributed by atoms with Crippen LogP contribution >= 0.6 is 11.6 Å². The zero-order valence-electron chi connectivity index (χ0n) is 14.7. The number of amides is 1. The molecule has 0 fully saturated rings. The molecular weight excluding hydrogens is 366 g/mol. The van der Waals surface area contributed by atoms with Gasteiger partial charge >= 0.3 is 5.97 Å². The number of anilines is 1. The highest BCUT2D eigenvalue weighted by molar-refractivity contribution is 6.30. The maximum atomic E-state index is 12.4. The topological polar surface area (TPSA) is 68.5 Å². The van der Waals surface area contributed by atoms with Gasteiger partial charge in [-0.1, -0.05) is 30.7 Å². The quantitative estimate of drug-likeness (QED) is 0.577. The smallest absolute Gasteiger partial charge is 0.338 e. The van der Waals surface area contributed by atoms with Crippen LogP contribution in [0, 0.1) is 0 Å². The van der Waals surface area contributed by atoms with Crippen LogP contribution in [0.4, 0.5) is 5.69 Å². The van der Waals surface area contributed by atoms with E-state index < -0.39 is 0 Å². The molecule has 0 saturated heterocycles. The van der Waals surface area contributed by atoms with E-state index in [-0.39, 0.29) is 17.6 Å². The van der Waals surface area contributed by atoms with Crippen molar-refractivity contribution in [2.24, 2.45) is 0 Å². The number of hydrogen-bond acceptors (Lipinski definition) is 4. The largest absolute Gasteiger partial charge is 0.462 e. The minimum absolute atomic E-state index is 0.177. The predicted octanol–water partition coefficient (Wildman–Crippen LogP) is 5.42. The van der Waals surface area contributed by atoms with Crippen LogP contribution in [-0.4, -0.2) is 18.5 Å². The third-order valence-corrected chi connectivity index (χ3v) is 3.99. The van der Waals surface area contributed by atoms with E-state index in [1.54, 1.807) is 48.5 Å². The van der Waals surface area contributed by atoms with E-state index in [9.17, 15) is 9.59 Å². The third kappa shape index (κ3) is 4.77. The van der Waals surface area contributed by atoms with Crippen molar-refractivity contribution in [2.75, 3.05) is 11.9 Å². The zero-order valence-corrected chi connectivity index (χ0v) is 15.5. The summed E-state index contributed by atoms with van der Waals surface area (Å²) in [4.78, 5) is 24.1. The minimum Gasteiger partial charge on any atom is -0.462 e. The van der Waals surface area contributed by atoms with Crippen molar-refractivity contribution in [1.29, 1.82) is 0 Å². The van der Waals surface area contributed by atoms with Gasteiger partial charge in [-0.15, -0.1) is 0 Å². The second kappa shape index (κ2) is 8.56. The maximum Gasteiger partial charge on any atom is 0.338 e. The Hall–Kier alpha value is -3.05. The van der Waals surface area contributed by atoms with Crippen LogP contribution in [0.15, 0.2) is 65.1 Å². The van der Waals surface area contributed by atoms with Gasteiger partial charge in [0.25, 0.3) is 5.91 Å². The molecule has 0 radical (unpaired) electrons. The molecule has 2 aromatic carbocycles. The average molecular weight is 384 g/mol. The number of rotatable bonds is 6. The summed E-state index contributed by atoms with van der Waals surface area (Å²) < 4.78 is 10.7. The van der Waals surface area contributed by atoms with E-state index in [0.29, 0.717) is 28.6 Å². The third-order valence-electron chi connectivity index (χ3n) is 3.75. The number of ether oxygens (including phenoxy) is 1. The Kier molecular flexibility index (Phi) is 5.94.